The van der Waals surface area contributed by atoms with Crippen molar-refractivity contribution in [2.75, 3.05) is 20.3 Å². The van der Waals surface area contributed by atoms with Gasteiger partial charge in [0.1, 0.15) is 6.61 Å². The number of ketones is 1. The predicted octanol–water partition coefficient (Wildman–Crippen LogP) is -0.272. The molecular weight excluding hydrogens is 146 g/mol. The molecule has 11 heavy (non-hydrogen) atoms. The van der Waals surface area contributed by atoms with E-state index in [9.17, 15) is 9.59 Å². The fraction of sp³-hybridized carbons (Fsp3) is 0.714. The van der Waals surface area contributed by atoms with Crippen LogP contribution in [0.3, 0.4) is 0 Å². The lowest BCUT2D eigenvalue weighted by molar-refractivity contribution is -0.130. The van der Waals surface area contributed by atoms with Crippen molar-refractivity contribution >= 4 is 11.7 Å². The van der Waals surface area contributed by atoms with E-state index in [0.717, 1.165) is 0 Å². The van der Waals surface area contributed by atoms with Crippen LogP contribution in [0.2, 0.25) is 0 Å². The molecule has 0 aliphatic rings. The molecule has 0 saturated carbocycles. The SMILES string of the molecule is CCOCC(=O)CC(=O)NC. The minimum absolute atomic E-state index is 0.0317. The van der Waals surface area contributed by atoms with Gasteiger partial charge in [-0.1, -0.05) is 0 Å². The number of hydrogen-bond acceptors (Lipinski definition) is 3. The van der Waals surface area contributed by atoms with E-state index in [1.807, 2.05) is 0 Å². The zero-order valence-electron chi connectivity index (χ0n) is 6.85. The number of amides is 1. The third kappa shape index (κ3) is 5.54. The van der Waals surface area contributed by atoms with Crippen LogP contribution in [-0.4, -0.2) is 32.0 Å². The van der Waals surface area contributed by atoms with Crippen molar-refractivity contribution in [3.63, 3.8) is 0 Å². The molecule has 0 aromatic heterocycles. The quantitative estimate of drug-likeness (QED) is 0.562. The molecule has 0 rings (SSSR count). The molecule has 4 nitrogen and oxygen atoms in total. The van der Waals surface area contributed by atoms with E-state index in [0.29, 0.717) is 6.61 Å². The summed E-state index contributed by atoms with van der Waals surface area (Å²) in [5.74, 6) is -0.457. The van der Waals surface area contributed by atoms with E-state index in [-0.39, 0.29) is 24.7 Å². The second-order valence-electron chi connectivity index (χ2n) is 2.03. The molecule has 0 atom stereocenters. The first kappa shape index (κ1) is 10.1. The lowest BCUT2D eigenvalue weighted by Gasteiger charge is -1.99. The van der Waals surface area contributed by atoms with Crippen LogP contribution in [-0.2, 0) is 14.3 Å². The maximum absolute atomic E-state index is 10.8. The van der Waals surface area contributed by atoms with Gasteiger partial charge in [-0.2, -0.15) is 0 Å². The molecule has 0 unspecified atom stereocenters. The van der Waals surface area contributed by atoms with E-state index >= 15 is 0 Å². The summed E-state index contributed by atoms with van der Waals surface area (Å²) in [4.78, 5) is 21.4. The van der Waals surface area contributed by atoms with Crippen molar-refractivity contribution in [3.05, 3.63) is 0 Å². The van der Waals surface area contributed by atoms with E-state index in [2.05, 4.69) is 5.32 Å². The van der Waals surface area contributed by atoms with Gasteiger partial charge in [-0.3, -0.25) is 9.59 Å². The molecule has 1 amide bonds. The molecule has 0 spiro atoms. The number of Topliss-reactive ketones (excluding diaryl/α,β-unsaturated/α-hetero) is 1. The third-order valence-electron chi connectivity index (χ3n) is 1.10. The van der Waals surface area contributed by atoms with Gasteiger partial charge in [0, 0.05) is 13.7 Å². The summed E-state index contributed by atoms with van der Waals surface area (Å²) in [6.07, 6.45) is -0.0868. The fourth-order valence-electron chi connectivity index (χ4n) is 0.534. The summed E-state index contributed by atoms with van der Waals surface area (Å²) in [7, 11) is 1.50. The Labute approximate surface area is 65.9 Å². The van der Waals surface area contributed by atoms with Gasteiger partial charge in [0.15, 0.2) is 5.78 Å². The minimum atomic E-state index is -0.269. The van der Waals surface area contributed by atoms with Crippen LogP contribution in [0.4, 0.5) is 0 Å². The van der Waals surface area contributed by atoms with Gasteiger partial charge in [-0.25, -0.2) is 0 Å². The molecule has 0 heterocycles. The highest BCUT2D eigenvalue weighted by atomic mass is 16.5. The normalized spacial score (nSPS) is 9.27. The Hall–Kier alpha value is -0.900. The molecule has 0 radical (unpaired) electrons. The summed E-state index contributed by atoms with van der Waals surface area (Å²) in [6, 6.07) is 0. The van der Waals surface area contributed by atoms with Crippen molar-refractivity contribution in [1.29, 1.82) is 0 Å². The third-order valence-corrected chi connectivity index (χ3v) is 1.10. The molecule has 0 fully saturated rings. The molecule has 0 bridgehead atoms. The first-order valence-electron chi connectivity index (χ1n) is 3.50. The van der Waals surface area contributed by atoms with Gasteiger partial charge in [-0.15, -0.1) is 0 Å². The van der Waals surface area contributed by atoms with Gasteiger partial charge in [0.25, 0.3) is 0 Å². The highest BCUT2D eigenvalue weighted by Crippen LogP contribution is 1.84. The number of ether oxygens (including phenoxy) is 1. The average Bonchev–Trinajstić information content (AvgIpc) is 2.00. The van der Waals surface area contributed by atoms with Crippen molar-refractivity contribution in [2.24, 2.45) is 0 Å². The Morgan fingerprint density at radius 2 is 2.09 bits per heavy atom. The zero-order valence-corrected chi connectivity index (χ0v) is 6.85. The van der Waals surface area contributed by atoms with Crippen LogP contribution in [0.5, 0.6) is 0 Å². The minimum Gasteiger partial charge on any atom is -0.374 e. The number of nitrogens with one attached hydrogen (secondary N) is 1. The zero-order chi connectivity index (χ0) is 8.69. The second-order valence-corrected chi connectivity index (χ2v) is 2.03. The average molecular weight is 159 g/mol. The lowest BCUT2D eigenvalue weighted by Crippen LogP contribution is -2.23. The lowest BCUT2D eigenvalue weighted by atomic mass is 10.3. The Balaban J connectivity index is 3.44. The van der Waals surface area contributed by atoms with Crippen LogP contribution in [0.15, 0.2) is 0 Å². The summed E-state index contributed by atoms with van der Waals surface area (Å²) in [6.45, 7) is 2.33. The first-order chi connectivity index (χ1) is 5.20. The Kier molecular flexibility index (Phi) is 5.37. The molecule has 64 valence electrons. The maximum atomic E-state index is 10.8. The standard InChI is InChI=1S/C7H13NO3/c1-3-11-5-6(9)4-7(10)8-2/h3-5H2,1-2H3,(H,8,10). The summed E-state index contributed by atoms with van der Waals surface area (Å²) >= 11 is 0. The van der Waals surface area contributed by atoms with E-state index in [4.69, 9.17) is 4.74 Å². The Morgan fingerprint density at radius 1 is 1.45 bits per heavy atom. The summed E-state index contributed by atoms with van der Waals surface area (Å²) in [5, 5.41) is 2.36. The smallest absolute Gasteiger partial charge is 0.227 e. The van der Waals surface area contributed by atoms with Crippen molar-refractivity contribution < 1.29 is 14.3 Å². The molecule has 1 N–H and O–H groups in total. The molecule has 4 heteroatoms. The molecule has 0 saturated heterocycles. The van der Waals surface area contributed by atoms with Crippen LogP contribution < -0.4 is 5.32 Å². The molecular formula is C7H13NO3. The first-order valence-corrected chi connectivity index (χ1v) is 3.50. The molecule has 0 aliphatic heterocycles. The maximum Gasteiger partial charge on any atom is 0.227 e. The Bertz CT molecular complexity index is 145. The van der Waals surface area contributed by atoms with Gasteiger partial charge in [0.2, 0.25) is 5.91 Å². The second kappa shape index (κ2) is 5.85. The molecule has 0 aliphatic carbocycles. The van der Waals surface area contributed by atoms with Crippen LogP contribution in [0.1, 0.15) is 13.3 Å². The van der Waals surface area contributed by atoms with Gasteiger partial charge >= 0.3 is 0 Å². The van der Waals surface area contributed by atoms with E-state index in [1.54, 1.807) is 6.92 Å². The predicted molar refractivity (Wildman–Crippen MR) is 40.2 cm³/mol. The van der Waals surface area contributed by atoms with Crippen molar-refractivity contribution in [1.82, 2.24) is 5.32 Å². The van der Waals surface area contributed by atoms with Crippen LogP contribution >= 0.6 is 0 Å². The summed E-state index contributed by atoms with van der Waals surface area (Å²) in [5.41, 5.74) is 0. The van der Waals surface area contributed by atoms with Gasteiger partial charge < -0.3 is 10.1 Å². The Morgan fingerprint density at radius 3 is 2.55 bits per heavy atom. The van der Waals surface area contributed by atoms with Crippen molar-refractivity contribution in [3.8, 4) is 0 Å². The monoisotopic (exact) mass is 159 g/mol. The largest absolute Gasteiger partial charge is 0.374 e. The van der Waals surface area contributed by atoms with Crippen LogP contribution in [0, 0.1) is 0 Å². The summed E-state index contributed by atoms with van der Waals surface area (Å²) < 4.78 is 4.81. The highest BCUT2D eigenvalue weighted by molar-refractivity contribution is 5.98. The number of carbonyl (C=O) groups excluding carboxylic acids is 2. The number of carbonyl (C=O) groups is 2. The van der Waals surface area contributed by atoms with Gasteiger partial charge in [-0.05, 0) is 6.92 Å². The number of rotatable bonds is 5. The van der Waals surface area contributed by atoms with Crippen molar-refractivity contribution in [2.45, 2.75) is 13.3 Å². The van der Waals surface area contributed by atoms with E-state index < -0.39 is 0 Å². The fourth-order valence-corrected chi connectivity index (χ4v) is 0.534. The molecule has 0 aromatic carbocycles. The topological polar surface area (TPSA) is 55.4 Å². The molecule has 0 aromatic rings. The number of hydrogen-bond donors (Lipinski definition) is 1. The van der Waals surface area contributed by atoms with E-state index in [1.165, 1.54) is 7.05 Å². The van der Waals surface area contributed by atoms with Crippen LogP contribution in [0.25, 0.3) is 0 Å². The van der Waals surface area contributed by atoms with Gasteiger partial charge in [0.05, 0.1) is 6.42 Å². The highest BCUT2D eigenvalue weighted by Gasteiger charge is 2.06.